The summed E-state index contributed by atoms with van der Waals surface area (Å²) >= 11 is 5.03. The Morgan fingerprint density at radius 1 is 1.82 bits per heavy atom. The first-order valence-electron chi connectivity index (χ1n) is 3.03. The van der Waals surface area contributed by atoms with Gasteiger partial charge in [-0.2, -0.15) is 0 Å². The molecule has 11 heavy (non-hydrogen) atoms. The molecule has 0 bridgehead atoms. The van der Waals surface area contributed by atoms with Crippen molar-refractivity contribution in [1.29, 1.82) is 0 Å². The van der Waals surface area contributed by atoms with Crippen LogP contribution in [0.25, 0.3) is 0 Å². The lowest BCUT2D eigenvalue weighted by molar-refractivity contribution is -0.487. The Kier molecular flexibility index (Phi) is 4.52. The van der Waals surface area contributed by atoms with E-state index in [9.17, 15) is 14.9 Å². The van der Waals surface area contributed by atoms with Crippen molar-refractivity contribution in [2.24, 2.45) is 0 Å². The van der Waals surface area contributed by atoms with E-state index in [1.165, 1.54) is 0 Å². The molecule has 0 rings (SSSR count). The van der Waals surface area contributed by atoms with Gasteiger partial charge in [0.05, 0.1) is 11.5 Å². The van der Waals surface area contributed by atoms with Gasteiger partial charge in [0.15, 0.2) is 0 Å². The predicted octanol–water partition coefficient (Wildman–Crippen LogP) is 0.781. The number of carbonyl (C=O) groups is 1. The van der Waals surface area contributed by atoms with Crippen LogP contribution in [0.3, 0.4) is 0 Å². The highest BCUT2D eigenvalue weighted by Crippen LogP contribution is 1.99. The minimum Gasteiger partial charge on any atom is -0.460 e. The molecule has 0 N–H and O–H groups in total. The van der Waals surface area contributed by atoms with E-state index in [-0.39, 0.29) is 6.61 Å². The molecular formula is C5H8ClNO4. The Labute approximate surface area is 68.4 Å². The standard InChI is InChI=1S/C5H8ClNO4/c1-2-3-11-5(8)4(6)7(9)10/h4H,2-3H2,1H3. The molecule has 0 aromatic heterocycles. The molecule has 0 aliphatic heterocycles. The Morgan fingerprint density at radius 3 is 2.73 bits per heavy atom. The minimum absolute atomic E-state index is 0.163. The van der Waals surface area contributed by atoms with Gasteiger partial charge in [0.1, 0.15) is 0 Å². The van der Waals surface area contributed by atoms with Crippen LogP contribution in [0.1, 0.15) is 13.3 Å². The van der Waals surface area contributed by atoms with Crippen molar-refractivity contribution < 1.29 is 14.5 Å². The number of rotatable bonds is 4. The number of ether oxygens (including phenoxy) is 1. The van der Waals surface area contributed by atoms with Crippen molar-refractivity contribution in [3.05, 3.63) is 10.1 Å². The minimum atomic E-state index is -1.78. The third kappa shape index (κ3) is 3.77. The number of nitrogens with zero attached hydrogens (tertiary/aromatic N) is 1. The number of esters is 1. The summed E-state index contributed by atoms with van der Waals surface area (Å²) in [6, 6.07) is 0. The molecule has 0 amide bonds. The molecule has 5 nitrogen and oxygen atoms in total. The van der Waals surface area contributed by atoms with Crippen molar-refractivity contribution >= 4 is 17.6 Å². The first kappa shape index (κ1) is 10.2. The van der Waals surface area contributed by atoms with Gasteiger partial charge in [-0.25, -0.2) is 4.79 Å². The zero-order valence-electron chi connectivity index (χ0n) is 5.95. The summed E-state index contributed by atoms with van der Waals surface area (Å²) < 4.78 is 4.40. The fraction of sp³-hybridized carbons (Fsp3) is 0.800. The second-order valence-electron chi connectivity index (χ2n) is 1.79. The lowest BCUT2D eigenvalue weighted by atomic mass is 10.5. The Bertz CT molecular complexity index is 161. The first-order chi connectivity index (χ1) is 5.09. The topological polar surface area (TPSA) is 69.4 Å². The van der Waals surface area contributed by atoms with Crippen molar-refractivity contribution in [3.63, 3.8) is 0 Å². The van der Waals surface area contributed by atoms with E-state index in [0.717, 1.165) is 0 Å². The van der Waals surface area contributed by atoms with Gasteiger partial charge in [0.2, 0.25) is 0 Å². The molecule has 1 unspecified atom stereocenters. The Balaban J connectivity index is 3.74. The Hall–Kier alpha value is -0.840. The van der Waals surface area contributed by atoms with Crippen LogP contribution in [0.15, 0.2) is 0 Å². The average molecular weight is 182 g/mol. The molecule has 0 saturated heterocycles. The molecule has 0 fully saturated rings. The van der Waals surface area contributed by atoms with E-state index in [4.69, 9.17) is 11.6 Å². The molecule has 64 valence electrons. The zero-order valence-corrected chi connectivity index (χ0v) is 6.71. The molecule has 0 saturated carbocycles. The highest BCUT2D eigenvalue weighted by molar-refractivity contribution is 6.28. The lowest BCUT2D eigenvalue weighted by Crippen LogP contribution is -2.25. The maximum atomic E-state index is 10.5. The van der Waals surface area contributed by atoms with Crippen molar-refractivity contribution in [2.45, 2.75) is 18.8 Å². The summed E-state index contributed by atoms with van der Waals surface area (Å²) in [5.74, 6) is -1.00. The van der Waals surface area contributed by atoms with Crippen molar-refractivity contribution in [1.82, 2.24) is 0 Å². The van der Waals surface area contributed by atoms with Gasteiger partial charge in [0, 0.05) is 0 Å². The zero-order chi connectivity index (χ0) is 8.85. The number of hydrogen-bond acceptors (Lipinski definition) is 4. The highest BCUT2D eigenvalue weighted by atomic mass is 35.5. The largest absolute Gasteiger partial charge is 0.460 e. The second kappa shape index (κ2) is 4.90. The molecule has 6 heteroatoms. The molecule has 1 atom stereocenters. The van der Waals surface area contributed by atoms with Crippen molar-refractivity contribution in [2.75, 3.05) is 6.61 Å². The maximum Gasteiger partial charge on any atom is 0.398 e. The van der Waals surface area contributed by atoms with Crippen molar-refractivity contribution in [3.8, 4) is 0 Å². The van der Waals surface area contributed by atoms with Crippen LogP contribution in [0.4, 0.5) is 0 Å². The van der Waals surface area contributed by atoms with Crippen LogP contribution >= 0.6 is 11.6 Å². The molecule has 0 spiro atoms. The molecule has 0 aliphatic rings. The third-order valence-corrected chi connectivity index (χ3v) is 1.17. The van der Waals surface area contributed by atoms with E-state index in [1.54, 1.807) is 6.92 Å². The summed E-state index contributed by atoms with van der Waals surface area (Å²) in [6.07, 6.45) is 0.618. The number of nitro groups is 1. The summed E-state index contributed by atoms with van der Waals surface area (Å²) in [5, 5.41) is 9.88. The third-order valence-electron chi connectivity index (χ3n) is 0.828. The molecule has 0 aromatic carbocycles. The van der Waals surface area contributed by atoms with E-state index in [1.807, 2.05) is 0 Å². The predicted molar refractivity (Wildman–Crippen MR) is 37.9 cm³/mol. The van der Waals surface area contributed by atoms with Gasteiger partial charge in [-0.15, -0.1) is 0 Å². The molecule has 0 aromatic rings. The molecular weight excluding hydrogens is 174 g/mol. The van der Waals surface area contributed by atoms with Crippen LogP contribution in [0.2, 0.25) is 0 Å². The number of halogens is 1. The van der Waals surface area contributed by atoms with Gasteiger partial charge in [-0.3, -0.25) is 10.1 Å². The SMILES string of the molecule is CCCOC(=O)C(Cl)[N+](=O)[O-]. The van der Waals surface area contributed by atoms with Gasteiger partial charge in [-0.05, 0) is 18.0 Å². The summed E-state index contributed by atoms with van der Waals surface area (Å²) in [6.45, 7) is 1.94. The summed E-state index contributed by atoms with van der Waals surface area (Å²) in [5.41, 5.74) is -1.78. The fourth-order valence-corrected chi connectivity index (χ4v) is 0.420. The van der Waals surface area contributed by atoms with Gasteiger partial charge >= 0.3 is 11.5 Å². The van der Waals surface area contributed by atoms with Gasteiger partial charge in [0.25, 0.3) is 0 Å². The Morgan fingerprint density at radius 2 is 2.36 bits per heavy atom. The van der Waals surface area contributed by atoms with Crippen LogP contribution in [-0.2, 0) is 9.53 Å². The number of carbonyl (C=O) groups excluding carboxylic acids is 1. The summed E-state index contributed by atoms with van der Waals surface area (Å²) in [4.78, 5) is 19.5. The quantitative estimate of drug-likeness (QED) is 0.211. The second-order valence-corrected chi connectivity index (χ2v) is 2.20. The smallest absolute Gasteiger partial charge is 0.398 e. The normalized spacial score (nSPS) is 12.2. The average Bonchev–Trinajstić information content (AvgIpc) is 1.98. The van der Waals surface area contributed by atoms with E-state index in [2.05, 4.69) is 4.74 Å². The number of alkyl halides is 1. The van der Waals surface area contributed by atoms with E-state index >= 15 is 0 Å². The van der Waals surface area contributed by atoms with Crippen LogP contribution < -0.4 is 0 Å². The number of hydrogen-bond donors (Lipinski definition) is 0. The fourth-order valence-electron chi connectivity index (χ4n) is 0.357. The van der Waals surface area contributed by atoms with Crippen LogP contribution in [0, 0.1) is 10.1 Å². The maximum absolute atomic E-state index is 10.5. The van der Waals surface area contributed by atoms with Gasteiger partial charge in [-0.1, -0.05) is 6.92 Å². The monoisotopic (exact) mass is 181 g/mol. The highest BCUT2D eigenvalue weighted by Gasteiger charge is 2.27. The van der Waals surface area contributed by atoms with Crippen LogP contribution in [-0.4, -0.2) is 23.0 Å². The van der Waals surface area contributed by atoms with Crippen LogP contribution in [0.5, 0.6) is 0 Å². The van der Waals surface area contributed by atoms with E-state index in [0.29, 0.717) is 6.42 Å². The first-order valence-corrected chi connectivity index (χ1v) is 3.47. The van der Waals surface area contributed by atoms with Gasteiger partial charge < -0.3 is 4.74 Å². The van der Waals surface area contributed by atoms with E-state index < -0.39 is 16.4 Å². The summed E-state index contributed by atoms with van der Waals surface area (Å²) in [7, 11) is 0. The molecule has 0 aliphatic carbocycles. The molecule has 0 radical (unpaired) electrons. The lowest BCUT2D eigenvalue weighted by Gasteiger charge is -2.01. The molecule has 0 heterocycles.